The van der Waals surface area contributed by atoms with E-state index in [1.54, 1.807) is 23.9 Å². The van der Waals surface area contributed by atoms with Crippen LogP contribution in [-0.2, 0) is 17.9 Å². The van der Waals surface area contributed by atoms with Crippen LogP contribution in [0.5, 0.6) is 0 Å². The number of aromatic nitrogens is 3. The van der Waals surface area contributed by atoms with Crippen LogP contribution in [-0.4, -0.2) is 20.4 Å². The van der Waals surface area contributed by atoms with Crippen LogP contribution in [0, 0.1) is 0 Å². The van der Waals surface area contributed by atoms with Crippen molar-refractivity contribution >= 4 is 28.1 Å². The monoisotopic (exact) mass is 336 g/mol. The number of para-hydroxylation sites is 1. The Morgan fingerprint density at radius 3 is 2.96 bits per heavy atom. The highest BCUT2D eigenvalue weighted by molar-refractivity contribution is 7.13. The third-order valence-electron chi connectivity index (χ3n) is 3.92. The van der Waals surface area contributed by atoms with E-state index in [0.717, 1.165) is 27.2 Å². The maximum Gasteiger partial charge on any atom is 0.240 e. The third-order valence-corrected chi connectivity index (χ3v) is 4.81. The molecule has 0 bridgehead atoms. The molecule has 0 fully saturated rings. The van der Waals surface area contributed by atoms with E-state index in [9.17, 15) is 4.79 Å². The second-order valence-electron chi connectivity index (χ2n) is 5.51. The van der Waals surface area contributed by atoms with Crippen LogP contribution in [0.3, 0.4) is 0 Å². The average Bonchev–Trinajstić information content (AvgIpc) is 3.34. The van der Waals surface area contributed by atoms with Crippen molar-refractivity contribution in [2.45, 2.75) is 13.1 Å². The normalized spacial score (nSPS) is 11.0. The lowest BCUT2D eigenvalue weighted by Gasteiger charge is -2.10. The number of imidazole rings is 1. The first-order valence-corrected chi connectivity index (χ1v) is 8.55. The highest BCUT2D eigenvalue weighted by Crippen LogP contribution is 2.31. The fourth-order valence-electron chi connectivity index (χ4n) is 2.78. The second kappa shape index (κ2) is 6.33. The van der Waals surface area contributed by atoms with Gasteiger partial charge in [0.05, 0.1) is 29.1 Å². The number of thiophene rings is 1. The van der Waals surface area contributed by atoms with Gasteiger partial charge in [-0.2, -0.15) is 0 Å². The molecule has 1 amide bonds. The van der Waals surface area contributed by atoms with Crippen LogP contribution < -0.4 is 5.32 Å². The van der Waals surface area contributed by atoms with Gasteiger partial charge in [0.15, 0.2) is 0 Å². The van der Waals surface area contributed by atoms with Crippen LogP contribution in [0.2, 0.25) is 0 Å². The van der Waals surface area contributed by atoms with Crippen LogP contribution in [0.4, 0.5) is 0 Å². The maximum absolute atomic E-state index is 12.4. The van der Waals surface area contributed by atoms with E-state index in [1.807, 2.05) is 18.2 Å². The van der Waals surface area contributed by atoms with Gasteiger partial charge >= 0.3 is 0 Å². The predicted molar refractivity (Wildman–Crippen MR) is 95.7 cm³/mol. The number of nitrogens with one attached hydrogen (secondary N) is 2. The van der Waals surface area contributed by atoms with Gasteiger partial charge in [0.25, 0.3) is 0 Å². The number of carbonyl (C=O) groups excluding carboxylic acids is 1. The minimum Gasteiger partial charge on any atom is -0.349 e. The summed E-state index contributed by atoms with van der Waals surface area (Å²) >= 11 is 1.68. The third kappa shape index (κ3) is 2.83. The molecular formula is C18H16N4OS. The standard InChI is InChI=1S/C18H16N4OS/c23-18(20-10-14-9-19-12-21-14)11-22-15-5-2-1-4-13(15)8-16(22)17-6-3-7-24-17/h1-9,12H,10-11H2,(H,19,21)(H,20,23). The Hall–Kier alpha value is -2.86. The molecule has 3 aromatic heterocycles. The van der Waals surface area contributed by atoms with Gasteiger partial charge in [-0.3, -0.25) is 4.79 Å². The van der Waals surface area contributed by atoms with Gasteiger partial charge in [-0.25, -0.2) is 4.98 Å². The molecule has 3 heterocycles. The number of nitrogens with zero attached hydrogens (tertiary/aromatic N) is 2. The zero-order valence-electron chi connectivity index (χ0n) is 12.9. The van der Waals surface area contributed by atoms with Gasteiger partial charge in [0.1, 0.15) is 6.54 Å². The largest absolute Gasteiger partial charge is 0.349 e. The molecule has 0 aliphatic heterocycles. The molecule has 0 aliphatic carbocycles. The minimum atomic E-state index is -0.0243. The Labute approximate surface area is 143 Å². The Morgan fingerprint density at radius 1 is 1.25 bits per heavy atom. The van der Waals surface area contributed by atoms with Gasteiger partial charge in [0, 0.05) is 17.1 Å². The van der Waals surface area contributed by atoms with E-state index in [0.29, 0.717) is 6.54 Å². The van der Waals surface area contributed by atoms with Crippen molar-refractivity contribution in [2.75, 3.05) is 0 Å². The van der Waals surface area contributed by atoms with Crippen molar-refractivity contribution in [2.24, 2.45) is 0 Å². The van der Waals surface area contributed by atoms with Crippen LogP contribution in [0.1, 0.15) is 5.69 Å². The summed E-state index contributed by atoms with van der Waals surface area (Å²) < 4.78 is 2.07. The Kier molecular flexibility index (Phi) is 3.88. The van der Waals surface area contributed by atoms with Crippen molar-refractivity contribution in [1.82, 2.24) is 19.9 Å². The molecule has 0 saturated carbocycles. The zero-order chi connectivity index (χ0) is 16.4. The number of amides is 1. The average molecular weight is 336 g/mol. The first-order chi connectivity index (χ1) is 11.8. The lowest BCUT2D eigenvalue weighted by atomic mass is 10.2. The number of H-pyrrole nitrogens is 1. The smallest absolute Gasteiger partial charge is 0.240 e. The fourth-order valence-corrected chi connectivity index (χ4v) is 3.53. The second-order valence-corrected chi connectivity index (χ2v) is 6.45. The first kappa shape index (κ1) is 14.7. The quantitative estimate of drug-likeness (QED) is 0.587. The fraction of sp³-hybridized carbons (Fsp3) is 0.111. The summed E-state index contributed by atoms with van der Waals surface area (Å²) in [5, 5.41) is 6.13. The number of carbonyl (C=O) groups is 1. The molecule has 120 valence electrons. The summed E-state index contributed by atoms with van der Waals surface area (Å²) in [4.78, 5) is 20.5. The van der Waals surface area contributed by atoms with E-state index in [2.05, 4.69) is 49.5 Å². The Balaban J connectivity index is 1.62. The molecule has 0 spiro atoms. The first-order valence-electron chi connectivity index (χ1n) is 7.67. The molecule has 0 radical (unpaired) electrons. The van der Waals surface area contributed by atoms with E-state index in [1.165, 1.54) is 0 Å². The lowest BCUT2D eigenvalue weighted by Crippen LogP contribution is -2.27. The van der Waals surface area contributed by atoms with Crippen molar-refractivity contribution in [3.8, 4) is 10.6 Å². The van der Waals surface area contributed by atoms with Crippen LogP contribution in [0.15, 0.2) is 60.4 Å². The number of rotatable bonds is 5. The summed E-state index contributed by atoms with van der Waals surface area (Å²) in [6.07, 6.45) is 3.32. The topological polar surface area (TPSA) is 62.7 Å². The zero-order valence-corrected chi connectivity index (χ0v) is 13.7. The van der Waals surface area contributed by atoms with Crippen molar-refractivity contribution in [3.05, 3.63) is 66.1 Å². The summed E-state index contributed by atoms with van der Waals surface area (Å²) in [6, 6.07) is 14.4. The molecule has 0 unspecified atom stereocenters. The number of fused-ring (bicyclic) bond motifs is 1. The van der Waals surface area contributed by atoms with Crippen LogP contribution in [0.25, 0.3) is 21.5 Å². The predicted octanol–water partition coefficient (Wildman–Crippen LogP) is 3.41. The Bertz CT molecular complexity index is 954. The van der Waals surface area contributed by atoms with Gasteiger partial charge in [-0.1, -0.05) is 24.3 Å². The molecule has 1 aromatic carbocycles. The maximum atomic E-state index is 12.4. The van der Waals surface area contributed by atoms with E-state index < -0.39 is 0 Å². The molecule has 4 aromatic rings. The summed E-state index contributed by atoms with van der Waals surface area (Å²) in [7, 11) is 0. The molecular weight excluding hydrogens is 320 g/mol. The number of aromatic amines is 1. The van der Waals surface area contributed by atoms with Crippen molar-refractivity contribution in [1.29, 1.82) is 0 Å². The number of benzene rings is 1. The molecule has 24 heavy (non-hydrogen) atoms. The number of hydrogen-bond donors (Lipinski definition) is 2. The van der Waals surface area contributed by atoms with Crippen molar-refractivity contribution < 1.29 is 4.79 Å². The molecule has 4 rings (SSSR count). The van der Waals surface area contributed by atoms with E-state index in [4.69, 9.17) is 0 Å². The molecule has 5 nitrogen and oxygen atoms in total. The minimum absolute atomic E-state index is 0.0243. The van der Waals surface area contributed by atoms with Crippen molar-refractivity contribution in [3.63, 3.8) is 0 Å². The number of hydrogen-bond acceptors (Lipinski definition) is 3. The summed E-state index contributed by atoms with van der Waals surface area (Å²) in [6.45, 7) is 0.737. The van der Waals surface area contributed by atoms with Gasteiger partial charge < -0.3 is 14.9 Å². The van der Waals surface area contributed by atoms with Gasteiger partial charge in [-0.05, 0) is 23.6 Å². The molecule has 0 saturated heterocycles. The highest BCUT2D eigenvalue weighted by Gasteiger charge is 2.14. The highest BCUT2D eigenvalue weighted by atomic mass is 32.1. The van der Waals surface area contributed by atoms with Gasteiger partial charge in [0.2, 0.25) is 5.91 Å². The van der Waals surface area contributed by atoms with Gasteiger partial charge in [-0.15, -0.1) is 11.3 Å². The van der Waals surface area contributed by atoms with E-state index >= 15 is 0 Å². The lowest BCUT2D eigenvalue weighted by molar-refractivity contribution is -0.121. The summed E-state index contributed by atoms with van der Waals surface area (Å²) in [5.74, 6) is -0.0243. The molecule has 2 N–H and O–H groups in total. The van der Waals surface area contributed by atoms with Crippen LogP contribution >= 0.6 is 11.3 Å². The van der Waals surface area contributed by atoms with E-state index in [-0.39, 0.29) is 12.5 Å². The molecule has 6 heteroatoms. The molecule has 0 aliphatic rings. The molecule has 0 atom stereocenters. The summed E-state index contributed by atoms with van der Waals surface area (Å²) in [5.41, 5.74) is 3.03. The SMILES string of the molecule is O=C(Cn1c(-c2cccs2)cc2ccccc21)NCc1cnc[nH]1. The Morgan fingerprint density at radius 2 is 2.17 bits per heavy atom.